The van der Waals surface area contributed by atoms with Crippen molar-refractivity contribution < 1.29 is 9.59 Å². The quantitative estimate of drug-likeness (QED) is 0.893. The molecular formula is C16H15N3O2. The Morgan fingerprint density at radius 1 is 1.19 bits per heavy atom. The Labute approximate surface area is 122 Å². The van der Waals surface area contributed by atoms with Gasteiger partial charge in [0.1, 0.15) is 0 Å². The van der Waals surface area contributed by atoms with E-state index in [1.807, 2.05) is 24.3 Å². The molecule has 0 radical (unpaired) electrons. The number of nitrogens with two attached hydrogens (primary N) is 1. The summed E-state index contributed by atoms with van der Waals surface area (Å²) < 4.78 is 0. The summed E-state index contributed by atoms with van der Waals surface area (Å²) in [5.74, 6) is -0.132. The van der Waals surface area contributed by atoms with Crippen LogP contribution >= 0.6 is 0 Å². The molecule has 1 saturated heterocycles. The summed E-state index contributed by atoms with van der Waals surface area (Å²) >= 11 is 0. The minimum atomic E-state index is -0.484. The summed E-state index contributed by atoms with van der Waals surface area (Å²) in [4.78, 5) is 26.5. The molecule has 106 valence electrons. The van der Waals surface area contributed by atoms with Crippen molar-refractivity contribution in [2.45, 2.75) is 12.3 Å². The Kier molecular flexibility index (Phi) is 3.39. The summed E-state index contributed by atoms with van der Waals surface area (Å²) in [6.07, 6.45) is 2.02. The second-order valence-corrected chi connectivity index (χ2v) is 5.12. The first kappa shape index (κ1) is 13.3. The molecule has 1 fully saturated rings. The van der Waals surface area contributed by atoms with Crippen LogP contribution in [0.25, 0.3) is 11.3 Å². The fourth-order valence-electron chi connectivity index (χ4n) is 2.48. The molecule has 1 aromatic heterocycles. The fourth-order valence-corrected chi connectivity index (χ4v) is 2.48. The number of amides is 2. The van der Waals surface area contributed by atoms with Crippen LogP contribution in [0.5, 0.6) is 0 Å². The number of rotatable bonds is 3. The smallest absolute Gasteiger partial charge is 0.250 e. The van der Waals surface area contributed by atoms with E-state index in [9.17, 15) is 9.59 Å². The lowest BCUT2D eigenvalue weighted by Gasteiger charge is -2.08. The minimum absolute atomic E-state index is 0.104. The van der Waals surface area contributed by atoms with Crippen LogP contribution in [-0.4, -0.2) is 23.3 Å². The lowest BCUT2D eigenvalue weighted by atomic mass is 9.96. The van der Waals surface area contributed by atoms with Gasteiger partial charge in [-0.05, 0) is 17.7 Å². The van der Waals surface area contributed by atoms with Gasteiger partial charge in [-0.25, -0.2) is 0 Å². The number of benzene rings is 1. The van der Waals surface area contributed by atoms with Gasteiger partial charge in [0.15, 0.2) is 0 Å². The highest BCUT2D eigenvalue weighted by Crippen LogP contribution is 2.25. The molecule has 21 heavy (non-hydrogen) atoms. The van der Waals surface area contributed by atoms with E-state index in [-0.39, 0.29) is 11.8 Å². The zero-order valence-electron chi connectivity index (χ0n) is 11.4. The second-order valence-electron chi connectivity index (χ2n) is 5.12. The maximum atomic E-state index is 11.2. The van der Waals surface area contributed by atoms with E-state index in [1.54, 1.807) is 12.1 Å². The Morgan fingerprint density at radius 2 is 1.95 bits per heavy atom. The van der Waals surface area contributed by atoms with Crippen molar-refractivity contribution in [1.29, 1.82) is 0 Å². The van der Waals surface area contributed by atoms with Gasteiger partial charge in [-0.1, -0.05) is 24.3 Å². The van der Waals surface area contributed by atoms with E-state index in [1.165, 1.54) is 6.20 Å². The molecule has 5 heteroatoms. The molecule has 2 amide bonds. The highest BCUT2D eigenvalue weighted by Gasteiger charge is 2.22. The zero-order chi connectivity index (χ0) is 14.8. The molecule has 1 aromatic carbocycles. The Morgan fingerprint density at radius 3 is 2.48 bits per heavy atom. The molecule has 1 unspecified atom stereocenters. The molecule has 3 rings (SSSR count). The summed E-state index contributed by atoms with van der Waals surface area (Å²) in [5.41, 5.74) is 8.48. The van der Waals surface area contributed by atoms with Crippen LogP contribution in [0.4, 0.5) is 0 Å². The average Bonchev–Trinajstić information content (AvgIpc) is 2.94. The fraction of sp³-hybridized carbons (Fsp3) is 0.188. The number of nitrogens with zero attached hydrogens (tertiary/aromatic N) is 1. The van der Waals surface area contributed by atoms with Crippen LogP contribution in [0.15, 0.2) is 42.6 Å². The molecule has 1 atom stereocenters. The molecule has 3 N–H and O–H groups in total. The third-order valence-electron chi connectivity index (χ3n) is 3.70. The SMILES string of the molecule is NC(=O)c1ccc(-c2ccc(C3CNC(=O)C3)cc2)nc1. The molecule has 0 aliphatic carbocycles. The maximum Gasteiger partial charge on any atom is 0.250 e. The average molecular weight is 281 g/mol. The first-order chi connectivity index (χ1) is 10.1. The number of primary amides is 1. The molecular weight excluding hydrogens is 266 g/mol. The van der Waals surface area contributed by atoms with E-state index in [0.29, 0.717) is 18.5 Å². The van der Waals surface area contributed by atoms with E-state index >= 15 is 0 Å². The standard InChI is InChI=1S/C16H15N3O2/c17-16(21)12-5-6-14(18-8-12)11-3-1-10(2-4-11)13-7-15(20)19-9-13/h1-6,8,13H,7,9H2,(H2,17,21)(H,19,20). The molecule has 0 spiro atoms. The highest BCUT2D eigenvalue weighted by molar-refractivity contribution is 5.92. The van der Waals surface area contributed by atoms with Crippen molar-refractivity contribution >= 4 is 11.8 Å². The summed E-state index contributed by atoms with van der Waals surface area (Å²) in [6.45, 7) is 0.698. The summed E-state index contributed by atoms with van der Waals surface area (Å²) in [6, 6.07) is 11.4. The van der Waals surface area contributed by atoms with Gasteiger partial charge >= 0.3 is 0 Å². The third kappa shape index (κ3) is 2.76. The number of hydrogen-bond acceptors (Lipinski definition) is 3. The van der Waals surface area contributed by atoms with Crippen molar-refractivity contribution in [2.24, 2.45) is 5.73 Å². The van der Waals surface area contributed by atoms with Crippen LogP contribution in [-0.2, 0) is 4.79 Å². The van der Waals surface area contributed by atoms with Gasteiger partial charge in [0.25, 0.3) is 0 Å². The van der Waals surface area contributed by atoms with E-state index in [0.717, 1.165) is 16.8 Å². The van der Waals surface area contributed by atoms with Gasteiger partial charge in [-0.15, -0.1) is 0 Å². The predicted octanol–water partition coefficient (Wildman–Crippen LogP) is 1.45. The van der Waals surface area contributed by atoms with Crippen LogP contribution in [0, 0.1) is 0 Å². The van der Waals surface area contributed by atoms with Gasteiger partial charge in [-0.2, -0.15) is 0 Å². The number of hydrogen-bond donors (Lipinski definition) is 2. The largest absolute Gasteiger partial charge is 0.366 e. The van der Waals surface area contributed by atoms with Crippen LogP contribution < -0.4 is 11.1 Å². The van der Waals surface area contributed by atoms with Gasteiger partial charge in [0, 0.05) is 30.6 Å². The predicted molar refractivity (Wildman–Crippen MR) is 78.6 cm³/mol. The maximum absolute atomic E-state index is 11.2. The van der Waals surface area contributed by atoms with Crippen LogP contribution in [0.3, 0.4) is 0 Å². The second kappa shape index (κ2) is 5.36. The van der Waals surface area contributed by atoms with Crippen LogP contribution in [0.1, 0.15) is 28.3 Å². The van der Waals surface area contributed by atoms with Gasteiger partial charge in [0.2, 0.25) is 11.8 Å². The normalized spacial score (nSPS) is 17.5. The van der Waals surface area contributed by atoms with Gasteiger partial charge in [-0.3, -0.25) is 14.6 Å². The van der Waals surface area contributed by atoms with E-state index in [4.69, 9.17) is 5.73 Å². The van der Waals surface area contributed by atoms with Gasteiger partial charge < -0.3 is 11.1 Å². The van der Waals surface area contributed by atoms with Crippen molar-refractivity contribution in [1.82, 2.24) is 10.3 Å². The van der Waals surface area contributed by atoms with Gasteiger partial charge in [0.05, 0.1) is 11.3 Å². The number of aromatic nitrogens is 1. The first-order valence-corrected chi connectivity index (χ1v) is 6.76. The molecule has 0 saturated carbocycles. The van der Waals surface area contributed by atoms with Crippen LogP contribution in [0.2, 0.25) is 0 Å². The lowest BCUT2D eigenvalue weighted by molar-refractivity contribution is -0.119. The van der Waals surface area contributed by atoms with E-state index in [2.05, 4.69) is 10.3 Å². The monoisotopic (exact) mass is 281 g/mol. The summed E-state index contributed by atoms with van der Waals surface area (Å²) in [5, 5.41) is 2.84. The number of carbonyl (C=O) groups is 2. The highest BCUT2D eigenvalue weighted by atomic mass is 16.2. The lowest BCUT2D eigenvalue weighted by Crippen LogP contribution is -2.13. The third-order valence-corrected chi connectivity index (χ3v) is 3.70. The minimum Gasteiger partial charge on any atom is -0.366 e. The molecule has 1 aliphatic heterocycles. The number of nitrogens with one attached hydrogen (secondary N) is 1. The topological polar surface area (TPSA) is 85.1 Å². The zero-order valence-corrected chi connectivity index (χ0v) is 11.4. The first-order valence-electron chi connectivity index (χ1n) is 6.76. The molecule has 1 aliphatic rings. The van der Waals surface area contributed by atoms with E-state index < -0.39 is 5.91 Å². The van der Waals surface area contributed by atoms with Crippen molar-refractivity contribution in [3.05, 3.63) is 53.7 Å². The van der Waals surface area contributed by atoms with Crippen molar-refractivity contribution in [3.8, 4) is 11.3 Å². The number of carbonyl (C=O) groups excluding carboxylic acids is 2. The molecule has 2 aromatic rings. The van der Waals surface area contributed by atoms with Crippen molar-refractivity contribution in [2.75, 3.05) is 6.54 Å². The Hall–Kier alpha value is -2.69. The Balaban J connectivity index is 1.80. The van der Waals surface area contributed by atoms with Crippen molar-refractivity contribution in [3.63, 3.8) is 0 Å². The Bertz CT molecular complexity index is 678. The summed E-state index contributed by atoms with van der Waals surface area (Å²) in [7, 11) is 0. The molecule has 2 heterocycles. The molecule has 5 nitrogen and oxygen atoms in total. The number of pyridine rings is 1. The molecule has 0 bridgehead atoms.